The number of amides is 1. The van der Waals surface area contributed by atoms with Gasteiger partial charge in [0.05, 0.1) is 12.1 Å². The first kappa shape index (κ1) is 23.7. The quantitative estimate of drug-likeness (QED) is 0.528. The Kier molecular flexibility index (Phi) is 6.84. The van der Waals surface area contributed by atoms with Gasteiger partial charge in [-0.1, -0.05) is 60.7 Å². The van der Waals surface area contributed by atoms with Crippen LogP contribution in [-0.2, 0) is 10.7 Å². The molecule has 32 heavy (non-hydrogen) atoms. The lowest BCUT2D eigenvalue weighted by molar-refractivity contribution is -0.161. The maximum atomic E-state index is 14.7. The minimum atomic E-state index is -4.77. The summed E-state index contributed by atoms with van der Waals surface area (Å²) in [6, 6.07) is 11.9. The lowest BCUT2D eigenvalue weighted by Crippen LogP contribution is -2.52. The number of rotatable bonds is 9. The molecular formula is C23H22F5N3O. The molecule has 2 N–H and O–H groups in total. The van der Waals surface area contributed by atoms with Gasteiger partial charge in [-0.05, 0) is 24.8 Å². The molecule has 2 aromatic rings. The molecule has 0 aromatic heterocycles. The van der Waals surface area contributed by atoms with Crippen LogP contribution in [0.5, 0.6) is 0 Å². The van der Waals surface area contributed by atoms with E-state index in [9.17, 15) is 32.0 Å². The topological polar surface area (TPSA) is 64.9 Å². The second-order valence-electron chi connectivity index (χ2n) is 7.90. The summed E-state index contributed by atoms with van der Waals surface area (Å²) in [5, 5.41) is 13.9. The highest BCUT2D eigenvalue weighted by Gasteiger charge is 2.48. The van der Waals surface area contributed by atoms with Crippen LogP contribution in [0.4, 0.5) is 22.0 Å². The highest BCUT2D eigenvalue weighted by molar-refractivity contribution is 5.83. The van der Waals surface area contributed by atoms with Crippen molar-refractivity contribution in [1.29, 1.82) is 5.26 Å². The second-order valence-corrected chi connectivity index (χ2v) is 7.90. The predicted octanol–water partition coefficient (Wildman–Crippen LogP) is 4.99. The van der Waals surface area contributed by atoms with Crippen molar-refractivity contribution in [1.82, 2.24) is 10.6 Å². The van der Waals surface area contributed by atoms with Crippen LogP contribution in [0.2, 0.25) is 0 Å². The molecule has 170 valence electrons. The number of nitrogens with zero attached hydrogens (tertiary/aromatic N) is 1. The van der Waals surface area contributed by atoms with Crippen LogP contribution in [-0.4, -0.2) is 23.7 Å². The molecule has 0 heterocycles. The number of carbonyl (C=O) groups is 1. The third-order valence-electron chi connectivity index (χ3n) is 5.41. The van der Waals surface area contributed by atoms with E-state index < -0.39 is 48.5 Å². The van der Waals surface area contributed by atoms with Gasteiger partial charge in [0.2, 0.25) is 5.91 Å². The predicted molar refractivity (Wildman–Crippen MR) is 107 cm³/mol. The van der Waals surface area contributed by atoms with E-state index in [0.717, 1.165) is 0 Å². The van der Waals surface area contributed by atoms with Crippen molar-refractivity contribution in [2.24, 2.45) is 0 Å². The minimum absolute atomic E-state index is 0.144. The van der Waals surface area contributed by atoms with Crippen LogP contribution in [0.3, 0.4) is 0 Å². The summed E-state index contributed by atoms with van der Waals surface area (Å²) in [7, 11) is 0. The normalized spacial score (nSPS) is 17.1. The standard InChI is InChI=1S/C23H22F5N3O/c24-22(25,17-9-5-2-6-10-17)12-11-18(20(32)31-21(15-29)13-14-21)30-19(23(26,27)28)16-7-3-1-4-8-16/h1-10,18-19,30H,11-14H2,(H,31,32)/t18-,19-/m0/s1. The SMILES string of the molecule is N#CC1(NC(=O)[C@H](CCC(F)(F)c2ccccc2)N[C@@H](c2ccccc2)C(F)(F)F)CC1. The van der Waals surface area contributed by atoms with Crippen molar-refractivity contribution in [2.75, 3.05) is 0 Å². The summed E-state index contributed by atoms with van der Waals surface area (Å²) < 4.78 is 70.7. The Hall–Kier alpha value is -2.99. The van der Waals surface area contributed by atoms with Gasteiger partial charge >= 0.3 is 6.18 Å². The summed E-state index contributed by atoms with van der Waals surface area (Å²) in [5.74, 6) is -4.24. The van der Waals surface area contributed by atoms with Crippen molar-refractivity contribution >= 4 is 5.91 Å². The van der Waals surface area contributed by atoms with E-state index in [2.05, 4.69) is 10.6 Å². The highest BCUT2D eigenvalue weighted by atomic mass is 19.4. The van der Waals surface area contributed by atoms with Crippen molar-refractivity contribution in [3.05, 3.63) is 71.8 Å². The maximum Gasteiger partial charge on any atom is 0.407 e. The van der Waals surface area contributed by atoms with Gasteiger partial charge in [0.25, 0.3) is 5.92 Å². The first-order valence-corrected chi connectivity index (χ1v) is 10.1. The maximum absolute atomic E-state index is 14.7. The van der Waals surface area contributed by atoms with Gasteiger partial charge in [-0.15, -0.1) is 0 Å². The van der Waals surface area contributed by atoms with E-state index in [1.165, 1.54) is 48.5 Å². The van der Waals surface area contributed by atoms with Gasteiger partial charge in [-0.25, -0.2) is 8.78 Å². The average Bonchev–Trinajstić information content (AvgIpc) is 3.54. The molecule has 1 aliphatic rings. The summed E-state index contributed by atoms with van der Waals surface area (Å²) >= 11 is 0. The Morgan fingerprint density at radius 2 is 1.56 bits per heavy atom. The van der Waals surface area contributed by atoms with E-state index in [4.69, 9.17) is 0 Å². The number of halogens is 5. The molecule has 1 amide bonds. The van der Waals surface area contributed by atoms with Gasteiger partial charge in [-0.2, -0.15) is 18.4 Å². The van der Waals surface area contributed by atoms with Crippen molar-refractivity contribution < 1.29 is 26.7 Å². The van der Waals surface area contributed by atoms with Crippen LogP contribution in [0.15, 0.2) is 60.7 Å². The van der Waals surface area contributed by atoms with Crippen molar-refractivity contribution in [3.8, 4) is 6.07 Å². The number of alkyl halides is 5. The van der Waals surface area contributed by atoms with Crippen LogP contribution < -0.4 is 10.6 Å². The summed E-state index contributed by atoms with van der Waals surface area (Å²) in [6.07, 6.45) is -5.45. The monoisotopic (exact) mass is 451 g/mol. The summed E-state index contributed by atoms with van der Waals surface area (Å²) in [5.41, 5.74) is -1.57. The number of nitriles is 1. The average molecular weight is 451 g/mol. The van der Waals surface area contributed by atoms with Crippen LogP contribution >= 0.6 is 0 Å². The molecule has 4 nitrogen and oxygen atoms in total. The Bertz CT molecular complexity index is 953. The molecule has 0 unspecified atom stereocenters. The van der Waals surface area contributed by atoms with E-state index >= 15 is 0 Å². The molecule has 0 radical (unpaired) electrons. The van der Waals surface area contributed by atoms with Crippen LogP contribution in [0, 0.1) is 11.3 Å². The zero-order valence-electron chi connectivity index (χ0n) is 17.0. The van der Waals surface area contributed by atoms with Gasteiger partial charge in [0.1, 0.15) is 11.6 Å². The molecule has 0 bridgehead atoms. The number of nitrogens with one attached hydrogen (secondary N) is 2. The fraction of sp³-hybridized carbons (Fsp3) is 0.391. The molecule has 3 rings (SSSR count). The molecule has 2 atom stereocenters. The molecule has 1 aliphatic carbocycles. The fourth-order valence-electron chi connectivity index (χ4n) is 3.38. The number of hydrogen-bond acceptors (Lipinski definition) is 3. The zero-order valence-corrected chi connectivity index (χ0v) is 17.0. The van der Waals surface area contributed by atoms with E-state index in [1.54, 1.807) is 12.1 Å². The Morgan fingerprint density at radius 1 is 1.00 bits per heavy atom. The summed E-state index contributed by atoms with van der Waals surface area (Å²) in [4.78, 5) is 12.8. The van der Waals surface area contributed by atoms with Gasteiger partial charge < -0.3 is 5.32 Å². The minimum Gasteiger partial charge on any atom is -0.336 e. The van der Waals surface area contributed by atoms with Crippen molar-refractivity contribution in [3.63, 3.8) is 0 Å². The molecule has 0 saturated heterocycles. The Labute approximate surface area is 182 Å². The molecule has 9 heteroatoms. The smallest absolute Gasteiger partial charge is 0.336 e. The molecule has 1 fully saturated rings. The molecule has 1 saturated carbocycles. The number of benzene rings is 2. The Morgan fingerprint density at radius 3 is 2.06 bits per heavy atom. The summed E-state index contributed by atoms with van der Waals surface area (Å²) in [6.45, 7) is 0. The van der Waals surface area contributed by atoms with E-state index in [0.29, 0.717) is 12.8 Å². The molecule has 2 aromatic carbocycles. The molecule has 0 aliphatic heterocycles. The zero-order chi connectivity index (χ0) is 23.4. The highest BCUT2D eigenvalue weighted by Crippen LogP contribution is 2.37. The third kappa shape index (κ3) is 5.82. The number of carbonyl (C=O) groups excluding carboxylic acids is 1. The van der Waals surface area contributed by atoms with E-state index in [-0.39, 0.29) is 11.1 Å². The molecule has 0 spiro atoms. The lowest BCUT2D eigenvalue weighted by atomic mass is 9.98. The van der Waals surface area contributed by atoms with Gasteiger partial charge in [0, 0.05) is 12.0 Å². The first-order chi connectivity index (χ1) is 15.1. The number of hydrogen-bond donors (Lipinski definition) is 2. The van der Waals surface area contributed by atoms with Crippen LogP contribution in [0.25, 0.3) is 0 Å². The second kappa shape index (κ2) is 9.25. The van der Waals surface area contributed by atoms with Crippen molar-refractivity contribution in [2.45, 2.75) is 55.4 Å². The van der Waals surface area contributed by atoms with Crippen LogP contribution in [0.1, 0.15) is 42.9 Å². The molecular weight excluding hydrogens is 429 g/mol. The first-order valence-electron chi connectivity index (χ1n) is 10.1. The fourth-order valence-corrected chi connectivity index (χ4v) is 3.38. The largest absolute Gasteiger partial charge is 0.407 e. The Balaban J connectivity index is 1.83. The van der Waals surface area contributed by atoms with E-state index in [1.807, 2.05) is 6.07 Å². The van der Waals surface area contributed by atoms with Gasteiger partial charge in [-0.3, -0.25) is 10.1 Å². The van der Waals surface area contributed by atoms with Gasteiger partial charge in [0.15, 0.2) is 0 Å². The third-order valence-corrected chi connectivity index (χ3v) is 5.41. The lowest BCUT2D eigenvalue weighted by Gasteiger charge is -2.29.